The molecular formula is C22H18ClFN2O3S. The molecule has 30 heavy (non-hydrogen) atoms. The Labute approximate surface area is 182 Å². The van der Waals surface area contributed by atoms with E-state index in [4.69, 9.17) is 16.3 Å². The molecule has 0 saturated carbocycles. The van der Waals surface area contributed by atoms with Gasteiger partial charge in [-0.1, -0.05) is 35.9 Å². The molecule has 2 amide bonds. The van der Waals surface area contributed by atoms with E-state index in [2.05, 4.69) is 0 Å². The highest BCUT2D eigenvalue weighted by Crippen LogP contribution is 2.34. The van der Waals surface area contributed by atoms with Gasteiger partial charge in [0.05, 0.1) is 18.1 Å². The van der Waals surface area contributed by atoms with Crippen LogP contribution in [0.1, 0.15) is 11.1 Å². The predicted molar refractivity (Wildman–Crippen MR) is 117 cm³/mol. The zero-order valence-electron chi connectivity index (χ0n) is 16.1. The van der Waals surface area contributed by atoms with Crippen molar-refractivity contribution >= 4 is 51.5 Å². The third-order valence-corrected chi connectivity index (χ3v) is 6.11. The number of halogens is 2. The average molecular weight is 445 g/mol. The molecule has 8 heteroatoms. The molecule has 1 aliphatic rings. The quantitative estimate of drug-likeness (QED) is 0.492. The van der Waals surface area contributed by atoms with Crippen LogP contribution in [0.4, 0.5) is 9.18 Å². The maximum absolute atomic E-state index is 13.4. The van der Waals surface area contributed by atoms with Gasteiger partial charge in [0.2, 0.25) is 0 Å². The molecule has 0 aliphatic carbocycles. The molecule has 154 valence electrons. The van der Waals surface area contributed by atoms with Gasteiger partial charge < -0.3 is 9.30 Å². The minimum absolute atomic E-state index is 0.226. The summed E-state index contributed by atoms with van der Waals surface area (Å²) in [6.07, 6.45) is 3.65. The SMILES string of the molecule is COCCN1C(=O)S/C(=C\c2cn(Cc3ccc(F)cc3Cl)c3ccccc23)C1=O. The van der Waals surface area contributed by atoms with E-state index in [9.17, 15) is 14.0 Å². The normalized spacial score (nSPS) is 15.7. The zero-order chi connectivity index (χ0) is 21.3. The molecule has 0 unspecified atom stereocenters. The van der Waals surface area contributed by atoms with Crippen molar-refractivity contribution < 1.29 is 18.7 Å². The van der Waals surface area contributed by atoms with Gasteiger partial charge in [0.25, 0.3) is 11.1 Å². The summed E-state index contributed by atoms with van der Waals surface area (Å²) >= 11 is 7.13. The molecule has 3 aromatic rings. The second-order valence-corrected chi connectivity index (χ2v) is 8.19. The average Bonchev–Trinajstić information content (AvgIpc) is 3.20. The van der Waals surface area contributed by atoms with E-state index in [-0.39, 0.29) is 23.5 Å². The van der Waals surface area contributed by atoms with Gasteiger partial charge in [-0.3, -0.25) is 14.5 Å². The molecule has 1 fully saturated rings. The Morgan fingerprint density at radius 2 is 2.00 bits per heavy atom. The van der Waals surface area contributed by atoms with Gasteiger partial charge in [0.15, 0.2) is 0 Å². The molecule has 2 heterocycles. The van der Waals surface area contributed by atoms with E-state index in [0.717, 1.165) is 33.8 Å². The first kappa shape index (κ1) is 20.7. The topological polar surface area (TPSA) is 51.5 Å². The van der Waals surface area contributed by atoms with Gasteiger partial charge >= 0.3 is 0 Å². The van der Waals surface area contributed by atoms with Crippen LogP contribution in [-0.2, 0) is 16.1 Å². The molecule has 2 aromatic carbocycles. The van der Waals surface area contributed by atoms with Gasteiger partial charge in [-0.25, -0.2) is 4.39 Å². The second-order valence-electron chi connectivity index (χ2n) is 6.79. The number of amides is 2. The van der Waals surface area contributed by atoms with Crippen molar-refractivity contribution in [3.05, 3.63) is 75.5 Å². The largest absolute Gasteiger partial charge is 0.383 e. The van der Waals surface area contributed by atoms with Crippen LogP contribution in [-0.4, -0.2) is 40.9 Å². The lowest BCUT2D eigenvalue weighted by atomic mass is 10.1. The van der Waals surface area contributed by atoms with E-state index >= 15 is 0 Å². The Morgan fingerprint density at radius 1 is 1.20 bits per heavy atom. The lowest BCUT2D eigenvalue weighted by Gasteiger charge is -2.10. The number of carbonyl (C=O) groups excluding carboxylic acids is 2. The molecular weight excluding hydrogens is 427 g/mol. The number of carbonyl (C=O) groups is 2. The van der Waals surface area contributed by atoms with E-state index in [1.165, 1.54) is 24.1 Å². The monoisotopic (exact) mass is 444 g/mol. The first-order chi connectivity index (χ1) is 14.5. The first-order valence-corrected chi connectivity index (χ1v) is 10.4. The van der Waals surface area contributed by atoms with Crippen molar-refractivity contribution in [1.29, 1.82) is 0 Å². The highest BCUT2D eigenvalue weighted by Gasteiger charge is 2.34. The van der Waals surface area contributed by atoms with Crippen molar-refractivity contribution in [2.24, 2.45) is 0 Å². The van der Waals surface area contributed by atoms with Crippen molar-refractivity contribution in [2.75, 3.05) is 20.3 Å². The minimum Gasteiger partial charge on any atom is -0.383 e. The molecule has 1 aromatic heterocycles. The van der Waals surface area contributed by atoms with Crippen LogP contribution in [0.5, 0.6) is 0 Å². The Balaban J connectivity index is 1.70. The van der Waals surface area contributed by atoms with Crippen LogP contribution >= 0.6 is 23.4 Å². The fourth-order valence-corrected chi connectivity index (χ4v) is 4.45. The predicted octanol–water partition coefficient (Wildman–Crippen LogP) is 5.16. The smallest absolute Gasteiger partial charge is 0.293 e. The van der Waals surface area contributed by atoms with Crippen LogP contribution < -0.4 is 0 Å². The number of nitrogens with zero attached hydrogens (tertiary/aromatic N) is 2. The fraction of sp³-hybridized carbons (Fsp3) is 0.182. The lowest BCUT2D eigenvalue weighted by molar-refractivity contribution is -0.123. The number of para-hydroxylation sites is 1. The first-order valence-electron chi connectivity index (χ1n) is 9.24. The molecule has 0 radical (unpaired) electrons. The molecule has 0 spiro atoms. The summed E-state index contributed by atoms with van der Waals surface area (Å²) in [4.78, 5) is 26.4. The number of ether oxygens (including phenoxy) is 1. The molecule has 1 saturated heterocycles. The van der Waals surface area contributed by atoms with Gasteiger partial charge in [-0.05, 0) is 41.6 Å². The maximum atomic E-state index is 13.4. The number of benzene rings is 2. The summed E-state index contributed by atoms with van der Waals surface area (Å²) in [6.45, 7) is 0.967. The number of hydrogen-bond acceptors (Lipinski definition) is 4. The van der Waals surface area contributed by atoms with Crippen LogP contribution in [0, 0.1) is 5.82 Å². The van der Waals surface area contributed by atoms with E-state index < -0.39 is 0 Å². The summed E-state index contributed by atoms with van der Waals surface area (Å²) in [5, 5.41) is 0.998. The van der Waals surface area contributed by atoms with Gasteiger partial charge in [-0.15, -0.1) is 0 Å². The number of thioether (sulfide) groups is 1. The second kappa shape index (κ2) is 8.63. The van der Waals surface area contributed by atoms with Crippen LogP contribution in [0.2, 0.25) is 5.02 Å². The maximum Gasteiger partial charge on any atom is 0.293 e. The number of methoxy groups -OCH3 is 1. The number of rotatable bonds is 6. The summed E-state index contributed by atoms with van der Waals surface area (Å²) < 4.78 is 20.3. The van der Waals surface area contributed by atoms with Crippen molar-refractivity contribution in [2.45, 2.75) is 6.54 Å². The summed E-state index contributed by atoms with van der Waals surface area (Å²) in [5.74, 6) is -0.702. The number of hydrogen-bond donors (Lipinski definition) is 0. The van der Waals surface area contributed by atoms with Gasteiger partial charge in [0.1, 0.15) is 5.82 Å². The molecule has 0 N–H and O–H groups in total. The molecule has 5 nitrogen and oxygen atoms in total. The highest BCUT2D eigenvalue weighted by molar-refractivity contribution is 8.18. The molecule has 4 rings (SSSR count). The minimum atomic E-state index is -0.383. The molecule has 1 aliphatic heterocycles. The van der Waals surface area contributed by atoms with Crippen molar-refractivity contribution in [3.63, 3.8) is 0 Å². The third kappa shape index (κ3) is 4.01. The summed E-state index contributed by atoms with van der Waals surface area (Å²) in [6, 6.07) is 12.1. The van der Waals surface area contributed by atoms with Gasteiger partial charge in [-0.2, -0.15) is 0 Å². The van der Waals surface area contributed by atoms with Crippen LogP contribution in [0.3, 0.4) is 0 Å². The number of fused-ring (bicyclic) bond motifs is 1. The Kier molecular flexibility index (Phi) is 5.94. The van der Waals surface area contributed by atoms with E-state index in [1.807, 2.05) is 35.0 Å². The highest BCUT2D eigenvalue weighted by atomic mass is 35.5. The number of aromatic nitrogens is 1. The van der Waals surface area contributed by atoms with Crippen LogP contribution in [0.15, 0.2) is 53.6 Å². The fourth-order valence-electron chi connectivity index (χ4n) is 3.37. The molecule has 0 atom stereocenters. The Hall–Kier alpha value is -2.61. The van der Waals surface area contributed by atoms with E-state index in [0.29, 0.717) is 23.1 Å². The van der Waals surface area contributed by atoms with Crippen LogP contribution in [0.25, 0.3) is 17.0 Å². The zero-order valence-corrected chi connectivity index (χ0v) is 17.7. The summed E-state index contributed by atoms with van der Waals surface area (Å²) in [5.41, 5.74) is 2.55. The molecule has 0 bridgehead atoms. The number of imide groups is 1. The lowest BCUT2D eigenvalue weighted by Crippen LogP contribution is -2.31. The summed E-state index contributed by atoms with van der Waals surface area (Å²) in [7, 11) is 1.52. The Bertz CT molecular complexity index is 1170. The van der Waals surface area contributed by atoms with Crippen molar-refractivity contribution in [1.82, 2.24) is 9.47 Å². The third-order valence-electron chi connectivity index (χ3n) is 4.85. The van der Waals surface area contributed by atoms with Gasteiger partial charge in [0, 0.05) is 41.3 Å². The Morgan fingerprint density at radius 3 is 2.77 bits per heavy atom. The van der Waals surface area contributed by atoms with E-state index in [1.54, 1.807) is 12.1 Å². The standard InChI is InChI=1S/C22H18ClFN2O3S/c1-29-9-8-26-21(27)20(30-22(26)28)10-15-13-25(19-5-3-2-4-17(15)19)12-14-6-7-16(24)11-18(14)23/h2-7,10-11,13H,8-9,12H2,1H3/b20-10-. The van der Waals surface area contributed by atoms with Crippen molar-refractivity contribution in [3.8, 4) is 0 Å².